The van der Waals surface area contributed by atoms with E-state index in [0.29, 0.717) is 61.7 Å². The third-order valence-corrected chi connectivity index (χ3v) is 10.4. The van der Waals surface area contributed by atoms with Gasteiger partial charge in [0.2, 0.25) is 17.7 Å². The first kappa shape index (κ1) is 37.6. The van der Waals surface area contributed by atoms with E-state index in [4.69, 9.17) is 9.47 Å². The van der Waals surface area contributed by atoms with Crippen molar-refractivity contribution >= 4 is 41.8 Å². The van der Waals surface area contributed by atoms with E-state index in [-0.39, 0.29) is 42.8 Å². The second-order valence-electron chi connectivity index (χ2n) is 12.5. The number of unbranched alkanes of at least 4 members (excludes halogenated alkanes) is 2. The van der Waals surface area contributed by atoms with Gasteiger partial charge in [-0.05, 0) is 61.8 Å². The summed E-state index contributed by atoms with van der Waals surface area (Å²) in [6, 6.07) is 13.6. The van der Waals surface area contributed by atoms with Crippen molar-refractivity contribution in [3.8, 4) is 11.5 Å². The Bertz CT molecular complexity index is 1410. The number of carbonyl (C=O) groups excluding carboxylic acids is 5. The number of urea groups is 1. The van der Waals surface area contributed by atoms with Crippen molar-refractivity contribution in [2.24, 2.45) is 0 Å². The van der Waals surface area contributed by atoms with Crippen LogP contribution in [0.3, 0.4) is 0 Å². The number of thioether (sulfide) groups is 1. The summed E-state index contributed by atoms with van der Waals surface area (Å²) in [7, 11) is 3.11. The van der Waals surface area contributed by atoms with E-state index in [1.54, 1.807) is 20.3 Å². The number of benzene rings is 2. The number of methoxy groups -OCH3 is 2. The standard InChI is InChI=1S/C36H49N5O7S/c1-47-29-17-15-25(21-30(29)48-2)16-18-33(44)39-27(20-24-10-4-3-5-11-24)35(45)38-26(22-42)12-8-9-19-37-32(43)14-7-6-13-31-34-28(23-49-31)40-36(46)41-34/h3-5,10-11,15,17,21-22,26-28,31,34H,6-9,12-14,16,18-20,23H2,1-2H3,(H,37,43)(H,38,45)(H,39,44)(H2,40,41,46)/t26-,27-,28-,31-,34-/m0/s1. The summed E-state index contributed by atoms with van der Waals surface area (Å²) in [5, 5.41) is 14.9. The lowest BCUT2D eigenvalue weighted by Crippen LogP contribution is -2.51. The molecule has 2 aromatic rings. The van der Waals surface area contributed by atoms with Crippen LogP contribution in [-0.4, -0.2) is 86.0 Å². The maximum Gasteiger partial charge on any atom is 0.315 e. The summed E-state index contributed by atoms with van der Waals surface area (Å²) >= 11 is 1.88. The Morgan fingerprint density at radius 1 is 0.918 bits per heavy atom. The quantitative estimate of drug-likeness (QED) is 0.0756. The molecule has 2 aliphatic rings. The highest BCUT2D eigenvalue weighted by Gasteiger charge is 2.42. The van der Waals surface area contributed by atoms with Gasteiger partial charge in [0.25, 0.3) is 0 Å². The highest BCUT2D eigenvalue weighted by atomic mass is 32.2. The van der Waals surface area contributed by atoms with Crippen LogP contribution in [0.1, 0.15) is 62.5 Å². The number of carbonyl (C=O) groups is 5. The average Bonchev–Trinajstić information content (AvgIpc) is 3.67. The van der Waals surface area contributed by atoms with Crippen LogP contribution in [0.2, 0.25) is 0 Å². The molecule has 2 aliphatic heterocycles. The molecule has 0 unspecified atom stereocenters. The number of hydrogen-bond acceptors (Lipinski definition) is 8. The zero-order valence-electron chi connectivity index (χ0n) is 28.3. The van der Waals surface area contributed by atoms with E-state index in [0.717, 1.165) is 36.1 Å². The fourth-order valence-electron chi connectivity index (χ4n) is 6.16. The molecule has 0 spiro atoms. The molecule has 2 heterocycles. The summed E-state index contributed by atoms with van der Waals surface area (Å²) in [5.41, 5.74) is 1.77. The fourth-order valence-corrected chi connectivity index (χ4v) is 7.70. The molecule has 5 atom stereocenters. The number of fused-ring (bicyclic) bond motifs is 1. The molecule has 2 fully saturated rings. The lowest BCUT2D eigenvalue weighted by atomic mass is 10.0. The molecule has 0 radical (unpaired) electrons. The van der Waals surface area contributed by atoms with Crippen molar-refractivity contribution in [1.82, 2.24) is 26.6 Å². The second-order valence-corrected chi connectivity index (χ2v) is 13.7. The highest BCUT2D eigenvalue weighted by Crippen LogP contribution is 2.33. The molecular formula is C36H49N5O7S. The van der Waals surface area contributed by atoms with Gasteiger partial charge in [-0.15, -0.1) is 0 Å². The zero-order valence-corrected chi connectivity index (χ0v) is 29.2. The molecule has 12 nitrogen and oxygen atoms in total. The number of aryl methyl sites for hydroxylation is 1. The second kappa shape index (κ2) is 19.7. The summed E-state index contributed by atoms with van der Waals surface area (Å²) < 4.78 is 10.6. The molecule has 5 amide bonds. The van der Waals surface area contributed by atoms with E-state index in [9.17, 15) is 24.0 Å². The van der Waals surface area contributed by atoms with Crippen LogP contribution in [0.25, 0.3) is 0 Å². The molecular weight excluding hydrogens is 646 g/mol. The third kappa shape index (κ3) is 12.0. The monoisotopic (exact) mass is 695 g/mol. The first-order chi connectivity index (χ1) is 23.8. The number of aldehydes is 1. The van der Waals surface area contributed by atoms with Gasteiger partial charge in [0.1, 0.15) is 12.3 Å². The molecule has 266 valence electrons. The number of ether oxygens (including phenoxy) is 2. The Morgan fingerprint density at radius 3 is 2.47 bits per heavy atom. The summed E-state index contributed by atoms with van der Waals surface area (Å²) in [5.74, 6) is 1.40. The number of hydrogen-bond donors (Lipinski definition) is 5. The lowest BCUT2D eigenvalue weighted by Gasteiger charge is -2.21. The van der Waals surface area contributed by atoms with Crippen LogP contribution in [-0.2, 0) is 32.0 Å². The maximum atomic E-state index is 13.3. The van der Waals surface area contributed by atoms with Crippen LogP contribution in [0.4, 0.5) is 4.79 Å². The zero-order chi connectivity index (χ0) is 35.0. The Balaban J connectivity index is 1.15. The lowest BCUT2D eigenvalue weighted by molar-refractivity contribution is -0.130. The smallest absolute Gasteiger partial charge is 0.315 e. The molecule has 13 heteroatoms. The summed E-state index contributed by atoms with van der Waals surface area (Å²) in [6.45, 7) is 0.491. The van der Waals surface area contributed by atoms with Crippen molar-refractivity contribution in [1.29, 1.82) is 0 Å². The Labute approximate surface area is 292 Å². The molecule has 2 aromatic carbocycles. The number of rotatable bonds is 21. The van der Waals surface area contributed by atoms with Gasteiger partial charge >= 0.3 is 6.03 Å². The first-order valence-electron chi connectivity index (χ1n) is 17.0. The fraction of sp³-hybridized carbons (Fsp3) is 0.528. The van der Waals surface area contributed by atoms with Crippen molar-refractivity contribution < 1.29 is 33.4 Å². The minimum Gasteiger partial charge on any atom is -0.493 e. The minimum absolute atomic E-state index is 0.00125. The minimum atomic E-state index is -0.857. The molecule has 0 saturated carbocycles. The van der Waals surface area contributed by atoms with Crippen molar-refractivity contribution in [3.05, 3.63) is 59.7 Å². The van der Waals surface area contributed by atoms with Gasteiger partial charge in [-0.1, -0.05) is 42.8 Å². The normalized spacial score (nSPS) is 19.1. The van der Waals surface area contributed by atoms with Crippen molar-refractivity contribution in [2.75, 3.05) is 26.5 Å². The van der Waals surface area contributed by atoms with Crippen molar-refractivity contribution in [2.45, 2.75) is 93.6 Å². The molecule has 49 heavy (non-hydrogen) atoms. The SMILES string of the molecule is COc1ccc(CCC(=O)N[C@@H](Cc2ccccc2)C(=O)N[C@H](C=O)CCCCNC(=O)CCCC[C@@H]2SC[C@@H]3NC(=O)N[C@@H]32)cc1OC. The Kier molecular flexibility index (Phi) is 15.1. The molecule has 4 rings (SSSR count). The predicted octanol–water partition coefficient (Wildman–Crippen LogP) is 3.06. The van der Waals surface area contributed by atoms with E-state index >= 15 is 0 Å². The first-order valence-corrected chi connectivity index (χ1v) is 18.1. The van der Waals surface area contributed by atoms with Gasteiger partial charge in [-0.3, -0.25) is 14.4 Å². The van der Waals surface area contributed by atoms with Gasteiger partial charge < -0.3 is 40.9 Å². The molecule has 5 N–H and O–H groups in total. The van der Waals surface area contributed by atoms with Crippen LogP contribution in [0.15, 0.2) is 48.5 Å². The van der Waals surface area contributed by atoms with Gasteiger partial charge in [0.15, 0.2) is 11.5 Å². The van der Waals surface area contributed by atoms with Crippen LogP contribution >= 0.6 is 11.8 Å². The van der Waals surface area contributed by atoms with Crippen molar-refractivity contribution in [3.63, 3.8) is 0 Å². The topological polar surface area (TPSA) is 164 Å². The Morgan fingerprint density at radius 2 is 1.71 bits per heavy atom. The van der Waals surface area contributed by atoms with E-state index in [2.05, 4.69) is 26.6 Å². The Hall–Kier alpha value is -4.26. The third-order valence-electron chi connectivity index (χ3n) is 8.86. The maximum absolute atomic E-state index is 13.3. The molecule has 0 bridgehead atoms. The summed E-state index contributed by atoms with van der Waals surface area (Å²) in [6.07, 6.45) is 6.45. The van der Waals surface area contributed by atoms with E-state index in [1.165, 1.54) is 0 Å². The molecule has 0 aromatic heterocycles. The molecule has 0 aliphatic carbocycles. The van der Waals surface area contributed by atoms with Gasteiger partial charge in [0, 0.05) is 36.8 Å². The number of amides is 5. The molecule has 2 saturated heterocycles. The predicted molar refractivity (Wildman–Crippen MR) is 189 cm³/mol. The van der Waals surface area contributed by atoms with Gasteiger partial charge in [0.05, 0.1) is 32.3 Å². The van der Waals surface area contributed by atoms with Gasteiger partial charge in [-0.25, -0.2) is 4.79 Å². The highest BCUT2D eigenvalue weighted by molar-refractivity contribution is 8.00. The van der Waals surface area contributed by atoms with E-state index in [1.807, 2.05) is 54.2 Å². The van der Waals surface area contributed by atoms with E-state index < -0.39 is 18.0 Å². The van der Waals surface area contributed by atoms with Crippen LogP contribution in [0, 0.1) is 0 Å². The number of nitrogens with one attached hydrogen (secondary N) is 5. The van der Waals surface area contributed by atoms with Gasteiger partial charge in [-0.2, -0.15) is 11.8 Å². The summed E-state index contributed by atoms with van der Waals surface area (Å²) in [4.78, 5) is 62.1. The van der Waals surface area contributed by atoms with Crippen LogP contribution < -0.4 is 36.1 Å². The average molecular weight is 696 g/mol. The largest absolute Gasteiger partial charge is 0.493 e. The van der Waals surface area contributed by atoms with Crippen LogP contribution in [0.5, 0.6) is 11.5 Å².